The van der Waals surface area contributed by atoms with Crippen LogP contribution in [0.15, 0.2) is 54.6 Å². The van der Waals surface area contributed by atoms with Crippen LogP contribution in [0.25, 0.3) is 0 Å². The maximum Gasteiger partial charge on any atom is 0.246 e. The number of methoxy groups -OCH3 is 1. The van der Waals surface area contributed by atoms with E-state index in [0.717, 1.165) is 5.75 Å². The summed E-state index contributed by atoms with van der Waals surface area (Å²) in [4.78, 5) is 24.1. The number of carbonyl (C=O) groups is 2. The molecule has 8 heteroatoms. The van der Waals surface area contributed by atoms with Crippen molar-refractivity contribution in [3.05, 3.63) is 60.2 Å². The fourth-order valence-corrected chi connectivity index (χ4v) is 2.80. The molecule has 2 aromatic rings. The van der Waals surface area contributed by atoms with Crippen molar-refractivity contribution >= 4 is 11.7 Å². The van der Waals surface area contributed by atoms with Crippen LogP contribution < -0.4 is 15.5 Å². The van der Waals surface area contributed by atoms with Gasteiger partial charge in [0.2, 0.25) is 5.91 Å². The molecule has 0 aliphatic heterocycles. The lowest BCUT2D eigenvalue weighted by molar-refractivity contribution is -0.133. The van der Waals surface area contributed by atoms with Gasteiger partial charge in [-0.25, -0.2) is 5.48 Å². The first-order valence-corrected chi connectivity index (χ1v) is 9.63. The first-order chi connectivity index (χ1) is 14.5. The molecule has 0 radical (unpaired) electrons. The summed E-state index contributed by atoms with van der Waals surface area (Å²) in [7, 11) is 1.51. The maximum atomic E-state index is 12.5. The Bertz CT molecular complexity index is 782. The van der Waals surface area contributed by atoms with Crippen LogP contribution in [0.3, 0.4) is 0 Å². The molecular weight excluding hydrogens is 388 g/mol. The van der Waals surface area contributed by atoms with Gasteiger partial charge < -0.3 is 19.5 Å². The number of carbonyl (C=O) groups excluding carboxylic acids is 2. The molecule has 1 amide bonds. The standard InChI is InChI=1S/C22H28N2O6/c1-16(22(26)24-27)12-18(14-29-15-28-2)23-13-21(25)17-8-10-20(11-9-17)30-19-6-4-3-5-7-19/h3-11,16,18,23,27H,12-15H2,1-2H3,(H,24,26)/t16-,18-/m0/s1. The molecule has 0 saturated heterocycles. The van der Waals surface area contributed by atoms with Crippen molar-refractivity contribution in [1.82, 2.24) is 10.8 Å². The van der Waals surface area contributed by atoms with Crippen LogP contribution in [0.2, 0.25) is 0 Å². The number of benzene rings is 2. The Morgan fingerprint density at radius 3 is 2.33 bits per heavy atom. The summed E-state index contributed by atoms with van der Waals surface area (Å²) in [6.07, 6.45) is 0.382. The number of para-hydroxylation sites is 1. The summed E-state index contributed by atoms with van der Waals surface area (Å²) >= 11 is 0. The molecule has 0 fully saturated rings. The normalized spacial score (nSPS) is 12.8. The molecule has 0 saturated carbocycles. The van der Waals surface area contributed by atoms with Gasteiger partial charge in [-0.3, -0.25) is 14.8 Å². The van der Waals surface area contributed by atoms with Crippen LogP contribution >= 0.6 is 0 Å². The number of hydrogen-bond acceptors (Lipinski definition) is 7. The van der Waals surface area contributed by atoms with Crippen molar-refractivity contribution in [1.29, 1.82) is 0 Å². The zero-order chi connectivity index (χ0) is 21.8. The minimum Gasteiger partial charge on any atom is -0.457 e. The predicted octanol–water partition coefficient (Wildman–Crippen LogP) is 2.77. The minimum atomic E-state index is -0.492. The Morgan fingerprint density at radius 1 is 1.03 bits per heavy atom. The van der Waals surface area contributed by atoms with E-state index in [1.807, 2.05) is 30.3 Å². The van der Waals surface area contributed by atoms with Crippen molar-refractivity contribution in [3.8, 4) is 11.5 Å². The van der Waals surface area contributed by atoms with E-state index in [-0.39, 0.29) is 31.8 Å². The molecule has 0 aliphatic carbocycles. The molecule has 0 spiro atoms. The van der Waals surface area contributed by atoms with Crippen LogP contribution in [0, 0.1) is 5.92 Å². The summed E-state index contributed by atoms with van der Waals surface area (Å²) in [6.45, 7) is 2.13. The van der Waals surface area contributed by atoms with E-state index in [0.29, 0.717) is 17.7 Å². The Kier molecular flexibility index (Phi) is 9.96. The second kappa shape index (κ2) is 12.7. The Balaban J connectivity index is 1.90. The second-order valence-corrected chi connectivity index (χ2v) is 6.83. The highest BCUT2D eigenvalue weighted by Gasteiger charge is 2.20. The van der Waals surface area contributed by atoms with E-state index >= 15 is 0 Å². The van der Waals surface area contributed by atoms with Gasteiger partial charge in [0, 0.05) is 24.6 Å². The van der Waals surface area contributed by atoms with Gasteiger partial charge in [-0.15, -0.1) is 0 Å². The molecule has 0 unspecified atom stereocenters. The van der Waals surface area contributed by atoms with Crippen molar-refractivity contribution < 1.29 is 29.0 Å². The van der Waals surface area contributed by atoms with Gasteiger partial charge >= 0.3 is 0 Å². The summed E-state index contributed by atoms with van der Waals surface area (Å²) in [5.41, 5.74) is 2.18. The summed E-state index contributed by atoms with van der Waals surface area (Å²) in [5.74, 6) is 0.313. The van der Waals surface area contributed by atoms with Gasteiger partial charge in [0.05, 0.1) is 13.2 Å². The van der Waals surface area contributed by atoms with Gasteiger partial charge in [0.15, 0.2) is 5.78 Å². The minimum absolute atomic E-state index is 0.0767. The van der Waals surface area contributed by atoms with E-state index in [1.165, 1.54) is 7.11 Å². The number of Topliss-reactive ketones (excluding diaryl/α,β-unsaturated/α-hetero) is 1. The fourth-order valence-electron chi connectivity index (χ4n) is 2.80. The van der Waals surface area contributed by atoms with Crippen LogP contribution in [-0.4, -0.2) is 50.0 Å². The van der Waals surface area contributed by atoms with Gasteiger partial charge in [-0.1, -0.05) is 25.1 Å². The molecule has 2 atom stereocenters. The molecule has 0 heterocycles. The smallest absolute Gasteiger partial charge is 0.246 e. The maximum absolute atomic E-state index is 12.5. The first-order valence-electron chi connectivity index (χ1n) is 9.63. The Hall–Kier alpha value is -2.78. The quantitative estimate of drug-likeness (QED) is 0.152. The van der Waals surface area contributed by atoms with Gasteiger partial charge in [0.25, 0.3) is 0 Å². The molecule has 0 bridgehead atoms. The van der Waals surface area contributed by atoms with Crippen molar-refractivity contribution in [3.63, 3.8) is 0 Å². The number of ketones is 1. The molecule has 30 heavy (non-hydrogen) atoms. The predicted molar refractivity (Wildman–Crippen MR) is 111 cm³/mol. The molecule has 2 aromatic carbocycles. The molecule has 8 nitrogen and oxygen atoms in total. The highest BCUT2D eigenvalue weighted by Crippen LogP contribution is 2.21. The lowest BCUT2D eigenvalue weighted by Gasteiger charge is -2.21. The lowest BCUT2D eigenvalue weighted by atomic mass is 10.0. The van der Waals surface area contributed by atoms with Crippen LogP contribution in [0.1, 0.15) is 23.7 Å². The molecular formula is C22H28N2O6. The van der Waals surface area contributed by atoms with E-state index in [1.54, 1.807) is 36.7 Å². The van der Waals surface area contributed by atoms with Gasteiger partial charge in [0.1, 0.15) is 18.3 Å². The van der Waals surface area contributed by atoms with E-state index in [4.69, 9.17) is 19.4 Å². The third-order valence-corrected chi connectivity index (χ3v) is 4.42. The third kappa shape index (κ3) is 7.92. The van der Waals surface area contributed by atoms with E-state index < -0.39 is 11.8 Å². The average Bonchev–Trinajstić information content (AvgIpc) is 2.77. The van der Waals surface area contributed by atoms with Crippen molar-refractivity contribution in [2.24, 2.45) is 5.92 Å². The SMILES string of the molecule is COCOC[C@H](C[C@H](C)C(=O)NO)NCC(=O)c1ccc(Oc2ccccc2)cc1. The van der Waals surface area contributed by atoms with Crippen LogP contribution in [-0.2, 0) is 14.3 Å². The number of hydrogen-bond donors (Lipinski definition) is 3. The molecule has 162 valence electrons. The fraction of sp³-hybridized carbons (Fsp3) is 0.364. The van der Waals surface area contributed by atoms with Crippen molar-refractivity contribution in [2.45, 2.75) is 19.4 Å². The lowest BCUT2D eigenvalue weighted by Crippen LogP contribution is -2.40. The monoisotopic (exact) mass is 416 g/mol. The highest BCUT2D eigenvalue weighted by atomic mass is 16.7. The third-order valence-electron chi connectivity index (χ3n) is 4.42. The van der Waals surface area contributed by atoms with E-state index in [9.17, 15) is 9.59 Å². The number of nitrogens with one attached hydrogen (secondary N) is 2. The van der Waals surface area contributed by atoms with E-state index in [2.05, 4.69) is 5.32 Å². The molecule has 0 aromatic heterocycles. The first kappa shape index (κ1) is 23.5. The second-order valence-electron chi connectivity index (χ2n) is 6.83. The van der Waals surface area contributed by atoms with Crippen molar-refractivity contribution in [2.75, 3.05) is 27.1 Å². The number of ether oxygens (including phenoxy) is 3. The zero-order valence-electron chi connectivity index (χ0n) is 17.2. The largest absolute Gasteiger partial charge is 0.457 e. The zero-order valence-corrected chi connectivity index (χ0v) is 17.2. The Morgan fingerprint density at radius 2 is 1.70 bits per heavy atom. The topological polar surface area (TPSA) is 106 Å². The average molecular weight is 416 g/mol. The number of rotatable bonds is 13. The Labute approximate surface area is 176 Å². The summed E-state index contributed by atoms with van der Waals surface area (Å²) < 4.78 is 16.0. The summed E-state index contributed by atoms with van der Waals surface area (Å²) in [5, 5.41) is 11.9. The number of hydroxylamine groups is 1. The number of amides is 1. The summed E-state index contributed by atoms with van der Waals surface area (Å²) in [6, 6.07) is 16.0. The molecule has 3 N–H and O–H groups in total. The highest BCUT2D eigenvalue weighted by molar-refractivity contribution is 5.97. The molecule has 2 rings (SSSR count). The van der Waals surface area contributed by atoms with Gasteiger partial charge in [-0.2, -0.15) is 0 Å². The van der Waals surface area contributed by atoms with Gasteiger partial charge in [-0.05, 0) is 42.8 Å². The molecule has 0 aliphatic rings. The van der Waals surface area contributed by atoms with Crippen LogP contribution in [0.4, 0.5) is 0 Å². The van der Waals surface area contributed by atoms with Crippen LogP contribution in [0.5, 0.6) is 11.5 Å².